The van der Waals surface area contributed by atoms with Gasteiger partial charge < -0.3 is 15.1 Å². The van der Waals surface area contributed by atoms with Crippen molar-refractivity contribution in [3.63, 3.8) is 0 Å². The monoisotopic (exact) mass is 225 g/mol. The first-order chi connectivity index (χ1) is 7.75. The summed E-state index contributed by atoms with van der Waals surface area (Å²) >= 11 is 0. The van der Waals surface area contributed by atoms with E-state index < -0.39 is 0 Å². The Hall–Kier alpha value is -0.610. The molecule has 2 fully saturated rings. The minimum Gasteiger partial charge on any atom is -0.342 e. The van der Waals surface area contributed by atoms with Crippen molar-refractivity contribution in [3.8, 4) is 0 Å². The Kier molecular flexibility index (Phi) is 4.18. The minimum absolute atomic E-state index is 0.283. The number of nitrogens with zero attached hydrogens (tertiary/aromatic N) is 2. The quantitative estimate of drug-likeness (QED) is 0.750. The van der Waals surface area contributed by atoms with Crippen LogP contribution in [-0.4, -0.2) is 61.5 Å². The SMILES string of the molecule is CN1CCCC(NCC(=O)N2CCCC2)C1. The smallest absolute Gasteiger partial charge is 0.236 e. The van der Waals surface area contributed by atoms with Crippen LogP contribution in [0.2, 0.25) is 0 Å². The maximum atomic E-state index is 11.8. The van der Waals surface area contributed by atoms with Gasteiger partial charge in [0.05, 0.1) is 6.54 Å². The van der Waals surface area contributed by atoms with Crippen molar-refractivity contribution in [2.45, 2.75) is 31.7 Å². The van der Waals surface area contributed by atoms with Crippen molar-refractivity contribution in [2.75, 3.05) is 39.8 Å². The maximum Gasteiger partial charge on any atom is 0.236 e. The van der Waals surface area contributed by atoms with E-state index in [4.69, 9.17) is 0 Å². The summed E-state index contributed by atoms with van der Waals surface area (Å²) in [5.41, 5.74) is 0. The zero-order valence-corrected chi connectivity index (χ0v) is 10.2. The van der Waals surface area contributed by atoms with E-state index in [2.05, 4.69) is 17.3 Å². The number of piperidine rings is 1. The minimum atomic E-state index is 0.283. The fourth-order valence-corrected chi connectivity index (χ4v) is 2.64. The van der Waals surface area contributed by atoms with Crippen LogP contribution in [0, 0.1) is 0 Å². The number of hydrogen-bond acceptors (Lipinski definition) is 3. The molecular weight excluding hydrogens is 202 g/mol. The van der Waals surface area contributed by atoms with E-state index in [1.807, 2.05) is 4.90 Å². The molecule has 0 aromatic heterocycles. The van der Waals surface area contributed by atoms with Gasteiger partial charge in [-0.1, -0.05) is 0 Å². The lowest BCUT2D eigenvalue weighted by molar-refractivity contribution is -0.129. The van der Waals surface area contributed by atoms with E-state index >= 15 is 0 Å². The van der Waals surface area contributed by atoms with Crippen molar-refractivity contribution in [2.24, 2.45) is 0 Å². The van der Waals surface area contributed by atoms with E-state index in [1.165, 1.54) is 32.2 Å². The largest absolute Gasteiger partial charge is 0.342 e. The molecule has 16 heavy (non-hydrogen) atoms. The van der Waals surface area contributed by atoms with Crippen molar-refractivity contribution in [1.82, 2.24) is 15.1 Å². The van der Waals surface area contributed by atoms with E-state index in [-0.39, 0.29) is 5.91 Å². The normalized spacial score (nSPS) is 27.3. The fourth-order valence-electron chi connectivity index (χ4n) is 2.64. The topological polar surface area (TPSA) is 35.6 Å². The third-order valence-corrected chi connectivity index (χ3v) is 3.63. The van der Waals surface area contributed by atoms with Crippen molar-refractivity contribution in [1.29, 1.82) is 0 Å². The first-order valence-corrected chi connectivity index (χ1v) is 6.45. The number of carbonyl (C=O) groups excluding carboxylic acids is 1. The molecule has 1 amide bonds. The third-order valence-electron chi connectivity index (χ3n) is 3.63. The highest BCUT2D eigenvalue weighted by atomic mass is 16.2. The van der Waals surface area contributed by atoms with Gasteiger partial charge in [0.2, 0.25) is 5.91 Å². The van der Waals surface area contributed by atoms with Crippen molar-refractivity contribution in [3.05, 3.63) is 0 Å². The molecule has 2 aliphatic rings. The molecule has 0 radical (unpaired) electrons. The summed E-state index contributed by atoms with van der Waals surface area (Å²) in [6.07, 6.45) is 4.81. The van der Waals surface area contributed by atoms with E-state index in [0.29, 0.717) is 12.6 Å². The molecule has 0 aromatic carbocycles. The van der Waals surface area contributed by atoms with Crippen LogP contribution in [0.5, 0.6) is 0 Å². The van der Waals surface area contributed by atoms with Gasteiger partial charge in [0.1, 0.15) is 0 Å². The van der Waals surface area contributed by atoms with Gasteiger partial charge in [-0.15, -0.1) is 0 Å². The van der Waals surface area contributed by atoms with Crippen LogP contribution in [0.4, 0.5) is 0 Å². The van der Waals surface area contributed by atoms with Gasteiger partial charge >= 0.3 is 0 Å². The highest BCUT2D eigenvalue weighted by Crippen LogP contribution is 2.09. The molecule has 2 rings (SSSR count). The highest BCUT2D eigenvalue weighted by Gasteiger charge is 2.20. The summed E-state index contributed by atoms with van der Waals surface area (Å²) in [5, 5.41) is 3.40. The van der Waals surface area contributed by atoms with Gasteiger partial charge in [0, 0.05) is 25.7 Å². The summed E-state index contributed by atoms with van der Waals surface area (Å²) in [6, 6.07) is 0.505. The molecule has 0 aromatic rings. The van der Waals surface area contributed by atoms with Crippen LogP contribution in [0.25, 0.3) is 0 Å². The summed E-state index contributed by atoms with van der Waals surface area (Å²) in [7, 11) is 2.15. The Bertz CT molecular complexity index is 238. The lowest BCUT2D eigenvalue weighted by Crippen LogP contribution is -2.47. The van der Waals surface area contributed by atoms with Gasteiger partial charge in [-0.3, -0.25) is 4.79 Å². The number of rotatable bonds is 3. The molecule has 2 saturated heterocycles. The van der Waals surface area contributed by atoms with Crippen LogP contribution < -0.4 is 5.32 Å². The Morgan fingerprint density at radius 3 is 2.69 bits per heavy atom. The summed E-state index contributed by atoms with van der Waals surface area (Å²) in [5.74, 6) is 0.283. The van der Waals surface area contributed by atoms with E-state index in [1.54, 1.807) is 0 Å². The average Bonchev–Trinajstić information content (AvgIpc) is 2.79. The highest BCUT2D eigenvalue weighted by molar-refractivity contribution is 5.78. The summed E-state index contributed by atoms with van der Waals surface area (Å²) in [6.45, 7) is 4.72. The molecule has 2 aliphatic heterocycles. The predicted octanol–water partition coefficient (Wildman–Crippen LogP) is 0.293. The Morgan fingerprint density at radius 1 is 1.25 bits per heavy atom. The second kappa shape index (κ2) is 5.64. The summed E-state index contributed by atoms with van der Waals surface area (Å²) in [4.78, 5) is 16.1. The number of hydrogen-bond donors (Lipinski definition) is 1. The maximum absolute atomic E-state index is 11.8. The zero-order chi connectivity index (χ0) is 11.4. The van der Waals surface area contributed by atoms with Gasteiger partial charge in [0.25, 0.3) is 0 Å². The van der Waals surface area contributed by atoms with Gasteiger partial charge in [0.15, 0.2) is 0 Å². The molecule has 1 atom stereocenters. The Balaban J connectivity index is 1.67. The van der Waals surface area contributed by atoms with E-state index in [9.17, 15) is 4.79 Å². The first kappa shape index (κ1) is 11.9. The molecule has 2 heterocycles. The molecule has 92 valence electrons. The average molecular weight is 225 g/mol. The van der Waals surface area contributed by atoms with Crippen LogP contribution in [-0.2, 0) is 4.79 Å². The van der Waals surface area contributed by atoms with Crippen molar-refractivity contribution >= 4 is 5.91 Å². The third kappa shape index (κ3) is 3.19. The van der Waals surface area contributed by atoms with Crippen molar-refractivity contribution < 1.29 is 4.79 Å². The lowest BCUT2D eigenvalue weighted by Gasteiger charge is -2.30. The molecule has 1 unspecified atom stereocenters. The standard InChI is InChI=1S/C12H23N3O/c1-14-6-4-5-11(10-14)13-9-12(16)15-7-2-3-8-15/h11,13H,2-10H2,1H3. The molecule has 1 N–H and O–H groups in total. The second-order valence-electron chi connectivity index (χ2n) is 5.07. The number of amides is 1. The zero-order valence-electron chi connectivity index (χ0n) is 10.2. The molecular formula is C12H23N3O. The predicted molar refractivity (Wildman–Crippen MR) is 64.3 cm³/mol. The van der Waals surface area contributed by atoms with Crippen LogP contribution in [0.3, 0.4) is 0 Å². The number of carbonyl (C=O) groups is 1. The number of nitrogens with one attached hydrogen (secondary N) is 1. The molecule has 0 aliphatic carbocycles. The Labute approximate surface area is 98.0 Å². The lowest BCUT2D eigenvalue weighted by atomic mass is 10.1. The number of likely N-dealkylation sites (tertiary alicyclic amines) is 2. The van der Waals surface area contributed by atoms with E-state index in [0.717, 1.165) is 19.6 Å². The molecule has 0 spiro atoms. The molecule has 0 saturated carbocycles. The Morgan fingerprint density at radius 2 is 2.00 bits per heavy atom. The van der Waals surface area contributed by atoms with Gasteiger partial charge in [-0.2, -0.15) is 0 Å². The molecule has 4 heteroatoms. The second-order valence-corrected chi connectivity index (χ2v) is 5.07. The molecule has 4 nitrogen and oxygen atoms in total. The van der Waals surface area contributed by atoms with Gasteiger partial charge in [-0.25, -0.2) is 0 Å². The summed E-state index contributed by atoms with van der Waals surface area (Å²) < 4.78 is 0. The first-order valence-electron chi connectivity index (χ1n) is 6.45. The van der Waals surface area contributed by atoms with Crippen LogP contribution in [0.1, 0.15) is 25.7 Å². The van der Waals surface area contributed by atoms with Crippen LogP contribution in [0.15, 0.2) is 0 Å². The molecule has 0 bridgehead atoms. The fraction of sp³-hybridized carbons (Fsp3) is 0.917. The number of likely N-dealkylation sites (N-methyl/N-ethyl adjacent to an activating group) is 1. The van der Waals surface area contributed by atoms with Crippen LogP contribution >= 0.6 is 0 Å². The van der Waals surface area contributed by atoms with Gasteiger partial charge in [-0.05, 0) is 39.3 Å².